The number of rotatable bonds is 5. The van der Waals surface area contributed by atoms with Crippen LogP contribution < -0.4 is 10.1 Å². The van der Waals surface area contributed by atoms with Gasteiger partial charge in [-0.25, -0.2) is 9.37 Å². The monoisotopic (exact) mass is 308 g/mol. The first-order valence-electron chi connectivity index (χ1n) is 7.01. The minimum atomic E-state index is -0.351. The molecule has 1 aromatic carbocycles. The van der Waals surface area contributed by atoms with Gasteiger partial charge < -0.3 is 10.1 Å². The lowest BCUT2D eigenvalue weighted by molar-refractivity contribution is 0.321. The summed E-state index contributed by atoms with van der Waals surface area (Å²) in [6.45, 7) is 9.30. The molecular formula is C16H21FN2OS. The zero-order chi connectivity index (χ0) is 15.5. The van der Waals surface area contributed by atoms with E-state index in [4.69, 9.17) is 4.74 Å². The molecule has 0 radical (unpaired) electrons. The molecule has 0 aliphatic carbocycles. The van der Waals surface area contributed by atoms with Crippen molar-refractivity contribution >= 4 is 17.0 Å². The number of anilines is 1. The predicted molar refractivity (Wildman–Crippen MR) is 85.7 cm³/mol. The van der Waals surface area contributed by atoms with Crippen molar-refractivity contribution in [3.8, 4) is 5.75 Å². The second-order valence-electron chi connectivity index (χ2n) is 5.83. The summed E-state index contributed by atoms with van der Waals surface area (Å²) >= 11 is 1.66. The Morgan fingerprint density at radius 3 is 2.67 bits per heavy atom. The third kappa shape index (κ3) is 4.17. The van der Waals surface area contributed by atoms with Gasteiger partial charge in [-0.2, -0.15) is 0 Å². The summed E-state index contributed by atoms with van der Waals surface area (Å²) in [5.41, 5.74) is 1.76. The fourth-order valence-corrected chi connectivity index (χ4v) is 2.72. The number of nitrogens with zero attached hydrogens (tertiary/aromatic N) is 1. The zero-order valence-electron chi connectivity index (χ0n) is 12.9. The van der Waals surface area contributed by atoms with E-state index in [1.807, 2.05) is 18.4 Å². The number of hydrogen-bond acceptors (Lipinski definition) is 4. The Morgan fingerprint density at radius 1 is 1.33 bits per heavy atom. The van der Waals surface area contributed by atoms with Crippen LogP contribution in [0.4, 0.5) is 10.1 Å². The van der Waals surface area contributed by atoms with Crippen LogP contribution in [0.3, 0.4) is 0 Å². The van der Waals surface area contributed by atoms with Crippen molar-refractivity contribution in [1.82, 2.24) is 4.98 Å². The Morgan fingerprint density at radius 2 is 2.10 bits per heavy atom. The number of hydrogen-bond donors (Lipinski definition) is 1. The molecule has 21 heavy (non-hydrogen) atoms. The van der Waals surface area contributed by atoms with Crippen LogP contribution in [0.15, 0.2) is 23.6 Å². The van der Waals surface area contributed by atoms with E-state index in [9.17, 15) is 4.39 Å². The van der Waals surface area contributed by atoms with Gasteiger partial charge in [0.15, 0.2) is 11.6 Å². The smallest absolute Gasteiger partial charge is 0.167 e. The van der Waals surface area contributed by atoms with E-state index < -0.39 is 0 Å². The number of halogens is 1. The van der Waals surface area contributed by atoms with Gasteiger partial charge in [0.05, 0.1) is 23.9 Å². The molecule has 114 valence electrons. The molecule has 1 heterocycles. The highest BCUT2D eigenvalue weighted by atomic mass is 32.1. The number of nitrogens with one attached hydrogen (secondary N) is 1. The van der Waals surface area contributed by atoms with Crippen LogP contribution in [0.2, 0.25) is 0 Å². The topological polar surface area (TPSA) is 34.1 Å². The number of aromatic nitrogens is 1. The average molecular weight is 308 g/mol. The minimum absolute atomic E-state index is 0.0637. The molecule has 5 heteroatoms. The summed E-state index contributed by atoms with van der Waals surface area (Å²) in [5, 5.41) is 6.33. The standard InChI is InChI=1S/C16H21FN2OS/c1-5-20-14-7-6-11(8-13(14)17)18-9-12-10-21-15(19-12)16(2,3)4/h6-8,10,18H,5,9H2,1-4H3. The molecule has 0 bridgehead atoms. The van der Waals surface area contributed by atoms with Crippen LogP contribution in [0.5, 0.6) is 5.75 Å². The van der Waals surface area contributed by atoms with Crippen molar-refractivity contribution in [3.63, 3.8) is 0 Å². The van der Waals surface area contributed by atoms with Gasteiger partial charge in [0.2, 0.25) is 0 Å². The minimum Gasteiger partial charge on any atom is -0.491 e. The first-order chi connectivity index (χ1) is 9.90. The lowest BCUT2D eigenvalue weighted by atomic mass is 9.98. The van der Waals surface area contributed by atoms with Gasteiger partial charge in [0.25, 0.3) is 0 Å². The summed E-state index contributed by atoms with van der Waals surface area (Å²) in [6.07, 6.45) is 0. The van der Waals surface area contributed by atoms with Crippen molar-refractivity contribution in [1.29, 1.82) is 0 Å². The third-order valence-electron chi connectivity index (χ3n) is 2.90. The van der Waals surface area contributed by atoms with Gasteiger partial charge in [-0.3, -0.25) is 0 Å². The van der Waals surface area contributed by atoms with Gasteiger partial charge in [0.1, 0.15) is 0 Å². The maximum Gasteiger partial charge on any atom is 0.167 e. The van der Waals surface area contributed by atoms with Gasteiger partial charge in [0, 0.05) is 22.5 Å². The van der Waals surface area contributed by atoms with E-state index in [1.165, 1.54) is 6.07 Å². The summed E-state index contributed by atoms with van der Waals surface area (Å²) in [5.74, 6) is -0.0674. The van der Waals surface area contributed by atoms with E-state index in [-0.39, 0.29) is 17.0 Å². The van der Waals surface area contributed by atoms with Crippen LogP contribution >= 0.6 is 11.3 Å². The molecule has 1 N–H and O–H groups in total. The van der Waals surface area contributed by atoms with E-state index in [0.717, 1.165) is 16.4 Å². The lowest BCUT2D eigenvalue weighted by Crippen LogP contribution is -2.11. The molecule has 0 atom stereocenters. The summed E-state index contributed by atoms with van der Waals surface area (Å²) in [7, 11) is 0. The van der Waals surface area contributed by atoms with E-state index in [1.54, 1.807) is 17.4 Å². The normalized spacial score (nSPS) is 11.5. The van der Waals surface area contributed by atoms with Crippen molar-refractivity contribution in [2.24, 2.45) is 0 Å². The van der Waals surface area contributed by atoms with E-state index in [0.29, 0.717) is 13.2 Å². The largest absolute Gasteiger partial charge is 0.491 e. The Labute approximate surface area is 129 Å². The van der Waals surface area contributed by atoms with Gasteiger partial charge in [-0.05, 0) is 19.1 Å². The molecule has 0 aliphatic rings. The van der Waals surface area contributed by atoms with Crippen LogP contribution in [-0.4, -0.2) is 11.6 Å². The second kappa shape index (κ2) is 6.43. The number of thiazole rings is 1. The molecule has 3 nitrogen and oxygen atoms in total. The Kier molecular flexibility index (Phi) is 4.83. The summed E-state index contributed by atoms with van der Waals surface area (Å²) < 4.78 is 18.9. The maximum atomic E-state index is 13.7. The molecule has 0 amide bonds. The highest BCUT2D eigenvalue weighted by Crippen LogP contribution is 2.26. The lowest BCUT2D eigenvalue weighted by Gasteiger charge is -2.13. The van der Waals surface area contributed by atoms with Crippen molar-refractivity contribution in [2.45, 2.75) is 39.7 Å². The molecule has 0 fully saturated rings. The zero-order valence-corrected chi connectivity index (χ0v) is 13.7. The van der Waals surface area contributed by atoms with Gasteiger partial charge in [-0.15, -0.1) is 11.3 Å². The third-order valence-corrected chi connectivity index (χ3v) is 4.22. The molecule has 1 aromatic heterocycles. The van der Waals surface area contributed by atoms with Crippen LogP contribution in [0.25, 0.3) is 0 Å². The first kappa shape index (κ1) is 15.8. The predicted octanol–water partition coefficient (Wildman–Crippen LogP) is 4.59. The SMILES string of the molecule is CCOc1ccc(NCc2csc(C(C)(C)C)n2)cc1F. The summed E-state index contributed by atoms with van der Waals surface area (Å²) in [4.78, 5) is 4.60. The Balaban J connectivity index is 2.00. The van der Waals surface area contributed by atoms with Crippen LogP contribution in [-0.2, 0) is 12.0 Å². The van der Waals surface area contributed by atoms with Crippen LogP contribution in [0, 0.1) is 5.82 Å². The molecule has 2 aromatic rings. The first-order valence-corrected chi connectivity index (χ1v) is 7.89. The van der Waals surface area contributed by atoms with Crippen molar-refractivity contribution < 1.29 is 9.13 Å². The molecule has 0 saturated carbocycles. The summed E-state index contributed by atoms with van der Waals surface area (Å²) in [6, 6.07) is 4.90. The van der Waals surface area contributed by atoms with Gasteiger partial charge in [-0.1, -0.05) is 20.8 Å². The quantitative estimate of drug-likeness (QED) is 0.877. The van der Waals surface area contributed by atoms with E-state index >= 15 is 0 Å². The maximum absolute atomic E-state index is 13.7. The fourth-order valence-electron chi connectivity index (χ4n) is 1.81. The average Bonchev–Trinajstić information content (AvgIpc) is 2.88. The molecule has 0 spiro atoms. The number of benzene rings is 1. The molecular weight excluding hydrogens is 287 g/mol. The van der Waals surface area contributed by atoms with Gasteiger partial charge >= 0.3 is 0 Å². The van der Waals surface area contributed by atoms with Crippen molar-refractivity contribution in [2.75, 3.05) is 11.9 Å². The molecule has 0 unspecified atom stereocenters. The van der Waals surface area contributed by atoms with Crippen molar-refractivity contribution in [3.05, 3.63) is 40.1 Å². The Bertz CT molecular complexity index is 605. The second-order valence-corrected chi connectivity index (χ2v) is 6.68. The molecule has 2 rings (SSSR count). The Hall–Kier alpha value is -1.62. The number of ether oxygens (including phenoxy) is 1. The fraction of sp³-hybridized carbons (Fsp3) is 0.438. The molecule has 0 aliphatic heterocycles. The molecule has 0 saturated heterocycles. The highest BCUT2D eigenvalue weighted by Gasteiger charge is 2.17. The van der Waals surface area contributed by atoms with Crippen LogP contribution in [0.1, 0.15) is 38.4 Å². The highest BCUT2D eigenvalue weighted by molar-refractivity contribution is 7.09. The van der Waals surface area contributed by atoms with E-state index in [2.05, 4.69) is 31.1 Å².